The number of aromatic amines is 1. The largest absolute Gasteiger partial charge is 0.361 e. The van der Waals surface area contributed by atoms with Gasteiger partial charge in [-0.3, -0.25) is 4.79 Å². The van der Waals surface area contributed by atoms with E-state index in [4.69, 9.17) is 0 Å². The van der Waals surface area contributed by atoms with E-state index in [1.54, 1.807) is 0 Å². The number of carbonyl (C=O) groups is 1. The number of hydrogen-bond donors (Lipinski definition) is 1. The molecule has 3 unspecified atom stereocenters. The molecule has 3 atom stereocenters. The molecule has 1 amide bonds. The normalized spacial score (nSPS) is 26.6. The molecule has 25 heavy (non-hydrogen) atoms. The summed E-state index contributed by atoms with van der Waals surface area (Å²) in [6.45, 7) is 2.21. The van der Waals surface area contributed by atoms with Crippen molar-refractivity contribution in [3.63, 3.8) is 0 Å². The third kappa shape index (κ3) is 3.19. The number of hydrogen-bond acceptors (Lipinski definition) is 1. The molecular formula is C21H27FN2O. The van der Waals surface area contributed by atoms with Crippen LogP contribution in [0, 0.1) is 11.7 Å². The predicted molar refractivity (Wildman–Crippen MR) is 97.9 cm³/mol. The number of halogens is 1. The van der Waals surface area contributed by atoms with Crippen LogP contribution < -0.4 is 0 Å². The zero-order valence-electron chi connectivity index (χ0n) is 14.9. The van der Waals surface area contributed by atoms with Gasteiger partial charge in [0.2, 0.25) is 5.91 Å². The molecule has 1 aromatic carbocycles. The highest BCUT2D eigenvalue weighted by atomic mass is 19.1. The molecule has 2 fully saturated rings. The molecule has 1 saturated heterocycles. The van der Waals surface area contributed by atoms with Crippen molar-refractivity contribution in [3.05, 3.63) is 35.8 Å². The highest BCUT2D eigenvalue weighted by molar-refractivity contribution is 5.84. The maximum atomic E-state index is 13.3. The first-order chi connectivity index (χ1) is 12.1. The van der Waals surface area contributed by atoms with Crippen molar-refractivity contribution in [2.24, 2.45) is 5.92 Å². The third-order valence-corrected chi connectivity index (χ3v) is 6.28. The number of nitrogens with zero attached hydrogens (tertiary/aromatic N) is 1. The maximum Gasteiger partial charge on any atom is 0.223 e. The van der Waals surface area contributed by atoms with Gasteiger partial charge in [0, 0.05) is 35.6 Å². The number of benzene rings is 1. The van der Waals surface area contributed by atoms with E-state index in [1.807, 2.05) is 12.3 Å². The first kappa shape index (κ1) is 16.6. The third-order valence-electron chi connectivity index (χ3n) is 6.28. The number of fused-ring (bicyclic) bond motifs is 2. The molecule has 134 valence electrons. The Kier molecular flexibility index (Phi) is 4.53. The molecule has 3 nitrogen and oxygen atoms in total. The van der Waals surface area contributed by atoms with E-state index in [0.717, 1.165) is 22.9 Å². The van der Waals surface area contributed by atoms with Gasteiger partial charge in [0.1, 0.15) is 5.82 Å². The van der Waals surface area contributed by atoms with Gasteiger partial charge in [-0.15, -0.1) is 0 Å². The Labute approximate surface area is 148 Å². The van der Waals surface area contributed by atoms with Crippen molar-refractivity contribution in [2.75, 3.05) is 0 Å². The summed E-state index contributed by atoms with van der Waals surface area (Å²) in [5, 5.41) is 1.02. The van der Waals surface area contributed by atoms with Crippen molar-refractivity contribution >= 4 is 16.8 Å². The number of amides is 1. The number of aryl methyl sites for hydroxylation is 1. The van der Waals surface area contributed by atoms with Crippen LogP contribution in [0.4, 0.5) is 4.39 Å². The van der Waals surface area contributed by atoms with E-state index in [1.165, 1.54) is 44.2 Å². The summed E-state index contributed by atoms with van der Waals surface area (Å²) in [6, 6.07) is 5.63. The van der Waals surface area contributed by atoms with Crippen LogP contribution in [-0.2, 0) is 11.2 Å². The summed E-state index contributed by atoms with van der Waals surface area (Å²) in [7, 11) is 0. The lowest BCUT2D eigenvalue weighted by atomic mass is 9.76. The SMILES string of the molecule is CC1CCC2CCCCC2N1C(=O)CCc1c[nH]c2cc(F)ccc12. The average molecular weight is 342 g/mol. The topological polar surface area (TPSA) is 36.1 Å². The van der Waals surface area contributed by atoms with Crippen LogP contribution in [-0.4, -0.2) is 27.9 Å². The van der Waals surface area contributed by atoms with Crippen LogP contribution in [0.2, 0.25) is 0 Å². The van der Waals surface area contributed by atoms with Gasteiger partial charge >= 0.3 is 0 Å². The quantitative estimate of drug-likeness (QED) is 0.854. The van der Waals surface area contributed by atoms with Crippen LogP contribution >= 0.6 is 0 Å². The smallest absolute Gasteiger partial charge is 0.223 e. The zero-order chi connectivity index (χ0) is 17.4. The standard InChI is InChI=1S/C21H27FN2O/c1-14-6-7-15-4-2-3-5-20(15)24(14)21(25)11-8-16-13-23-19-12-17(22)9-10-18(16)19/h9-10,12-15,20,23H,2-8,11H2,1H3. The molecular weight excluding hydrogens is 315 g/mol. The maximum absolute atomic E-state index is 13.3. The minimum absolute atomic E-state index is 0.234. The van der Waals surface area contributed by atoms with Gasteiger partial charge in [-0.25, -0.2) is 4.39 Å². The minimum atomic E-state index is -0.234. The van der Waals surface area contributed by atoms with Gasteiger partial charge in [-0.1, -0.05) is 12.8 Å². The molecule has 4 rings (SSSR count). The highest BCUT2D eigenvalue weighted by Crippen LogP contribution is 2.38. The number of piperidine rings is 1. The second-order valence-corrected chi connectivity index (χ2v) is 7.84. The second kappa shape index (κ2) is 6.81. The number of nitrogens with one attached hydrogen (secondary N) is 1. The van der Waals surface area contributed by atoms with Crippen molar-refractivity contribution in [3.8, 4) is 0 Å². The minimum Gasteiger partial charge on any atom is -0.361 e. The summed E-state index contributed by atoms with van der Waals surface area (Å²) in [4.78, 5) is 18.3. The van der Waals surface area contributed by atoms with E-state index in [0.29, 0.717) is 36.8 Å². The first-order valence-electron chi connectivity index (χ1n) is 9.70. The summed E-state index contributed by atoms with van der Waals surface area (Å²) in [6.07, 6.45) is 10.6. The molecule has 1 aliphatic heterocycles. The highest BCUT2D eigenvalue weighted by Gasteiger charge is 2.38. The van der Waals surface area contributed by atoms with Gasteiger partial charge in [0.15, 0.2) is 0 Å². The van der Waals surface area contributed by atoms with Crippen molar-refractivity contribution in [1.29, 1.82) is 0 Å². The fraction of sp³-hybridized carbons (Fsp3) is 0.571. The fourth-order valence-corrected chi connectivity index (χ4v) is 4.98. The van der Waals surface area contributed by atoms with Crippen LogP contribution in [0.15, 0.2) is 24.4 Å². The molecule has 0 radical (unpaired) electrons. The van der Waals surface area contributed by atoms with Gasteiger partial charge in [0.25, 0.3) is 0 Å². The number of H-pyrrole nitrogens is 1. The average Bonchev–Trinajstić information content (AvgIpc) is 3.01. The molecule has 1 aromatic heterocycles. The van der Waals surface area contributed by atoms with Crippen LogP contribution in [0.5, 0.6) is 0 Å². The van der Waals surface area contributed by atoms with Crippen molar-refractivity contribution < 1.29 is 9.18 Å². The van der Waals surface area contributed by atoms with Gasteiger partial charge in [-0.05, 0) is 68.7 Å². The molecule has 1 saturated carbocycles. The van der Waals surface area contributed by atoms with Crippen molar-refractivity contribution in [2.45, 2.75) is 70.4 Å². The molecule has 0 spiro atoms. The summed E-state index contributed by atoms with van der Waals surface area (Å²) >= 11 is 0. The van der Waals surface area contributed by atoms with Gasteiger partial charge < -0.3 is 9.88 Å². The van der Waals surface area contributed by atoms with Crippen LogP contribution in [0.25, 0.3) is 10.9 Å². The monoisotopic (exact) mass is 342 g/mol. The van der Waals surface area contributed by atoms with Crippen molar-refractivity contribution in [1.82, 2.24) is 9.88 Å². The number of aromatic nitrogens is 1. The Morgan fingerprint density at radius 2 is 2.08 bits per heavy atom. The molecule has 1 aliphatic carbocycles. The number of rotatable bonds is 3. The fourth-order valence-electron chi connectivity index (χ4n) is 4.98. The number of carbonyl (C=O) groups excluding carboxylic acids is 1. The Hall–Kier alpha value is -1.84. The number of likely N-dealkylation sites (tertiary alicyclic amines) is 1. The van der Waals surface area contributed by atoms with Crippen LogP contribution in [0.3, 0.4) is 0 Å². The summed E-state index contributed by atoms with van der Waals surface area (Å²) < 4.78 is 13.3. The lowest BCUT2D eigenvalue weighted by Crippen LogP contribution is -2.53. The van der Waals surface area contributed by atoms with E-state index in [2.05, 4.69) is 16.8 Å². The Balaban J connectivity index is 1.47. The Bertz CT molecular complexity index is 768. The van der Waals surface area contributed by atoms with E-state index >= 15 is 0 Å². The Morgan fingerprint density at radius 3 is 2.96 bits per heavy atom. The summed E-state index contributed by atoms with van der Waals surface area (Å²) in [5.74, 6) is 0.771. The van der Waals surface area contributed by atoms with E-state index < -0.39 is 0 Å². The first-order valence-corrected chi connectivity index (χ1v) is 9.70. The van der Waals surface area contributed by atoms with E-state index in [-0.39, 0.29) is 5.82 Å². The Morgan fingerprint density at radius 1 is 1.24 bits per heavy atom. The van der Waals surface area contributed by atoms with Crippen LogP contribution in [0.1, 0.15) is 57.4 Å². The van der Waals surface area contributed by atoms with Gasteiger partial charge in [0.05, 0.1) is 0 Å². The molecule has 2 aromatic rings. The zero-order valence-corrected chi connectivity index (χ0v) is 14.9. The molecule has 2 heterocycles. The second-order valence-electron chi connectivity index (χ2n) is 7.84. The molecule has 2 aliphatic rings. The lowest BCUT2D eigenvalue weighted by Gasteiger charge is -2.47. The molecule has 1 N–H and O–H groups in total. The molecule has 0 bridgehead atoms. The lowest BCUT2D eigenvalue weighted by molar-refractivity contribution is -0.141. The summed E-state index contributed by atoms with van der Waals surface area (Å²) in [5.41, 5.74) is 1.91. The van der Waals surface area contributed by atoms with Gasteiger partial charge in [-0.2, -0.15) is 0 Å². The molecule has 4 heteroatoms. The predicted octanol–water partition coefficient (Wildman–Crippen LogP) is 4.81. The van der Waals surface area contributed by atoms with E-state index in [9.17, 15) is 9.18 Å².